The van der Waals surface area contributed by atoms with Gasteiger partial charge in [0, 0.05) is 12.0 Å². The normalized spacial score (nSPS) is 11.4. The van der Waals surface area contributed by atoms with Crippen molar-refractivity contribution in [3.05, 3.63) is 70.8 Å². The molecule has 2 aromatic rings. The minimum absolute atomic E-state index is 0.110. The standard InChI is InChI=1S/C17H15F3O/c1-12-5-2-3-6-13(12)9-10-16(21)14-7-4-8-15(11-14)17(18,19)20/h2-8,11H,9-10H2,1H3. The van der Waals surface area contributed by atoms with Crippen molar-refractivity contribution in [1.82, 2.24) is 0 Å². The Kier molecular flexibility index (Phi) is 4.46. The van der Waals surface area contributed by atoms with E-state index in [2.05, 4.69) is 0 Å². The first-order valence-corrected chi connectivity index (χ1v) is 6.63. The highest BCUT2D eigenvalue weighted by Gasteiger charge is 2.30. The molecule has 0 amide bonds. The van der Waals surface area contributed by atoms with E-state index in [1.165, 1.54) is 12.1 Å². The van der Waals surface area contributed by atoms with Crippen LogP contribution in [0.2, 0.25) is 0 Å². The molecule has 0 aliphatic heterocycles. The molecule has 0 aromatic heterocycles. The van der Waals surface area contributed by atoms with Crippen LogP contribution in [0, 0.1) is 6.92 Å². The fourth-order valence-electron chi connectivity index (χ4n) is 2.15. The van der Waals surface area contributed by atoms with Gasteiger partial charge in [-0.2, -0.15) is 13.2 Å². The van der Waals surface area contributed by atoms with Crippen LogP contribution in [0.1, 0.15) is 33.5 Å². The Labute approximate surface area is 121 Å². The molecule has 0 heterocycles. The van der Waals surface area contributed by atoms with E-state index in [1.807, 2.05) is 31.2 Å². The molecule has 0 unspecified atom stereocenters. The van der Waals surface area contributed by atoms with Gasteiger partial charge in [-0.15, -0.1) is 0 Å². The second-order valence-electron chi connectivity index (χ2n) is 4.93. The Hall–Kier alpha value is -2.10. The van der Waals surface area contributed by atoms with E-state index >= 15 is 0 Å². The molecule has 0 radical (unpaired) electrons. The highest BCUT2D eigenvalue weighted by Crippen LogP contribution is 2.29. The summed E-state index contributed by atoms with van der Waals surface area (Å²) in [7, 11) is 0. The average Bonchev–Trinajstić information content (AvgIpc) is 2.45. The maximum absolute atomic E-state index is 12.6. The van der Waals surface area contributed by atoms with Crippen LogP contribution in [0.15, 0.2) is 48.5 Å². The van der Waals surface area contributed by atoms with E-state index in [0.717, 1.165) is 23.3 Å². The summed E-state index contributed by atoms with van der Waals surface area (Å²) >= 11 is 0. The fraction of sp³-hybridized carbons (Fsp3) is 0.235. The number of alkyl halides is 3. The number of carbonyl (C=O) groups excluding carboxylic acids is 1. The Morgan fingerprint density at radius 2 is 1.76 bits per heavy atom. The number of ketones is 1. The minimum Gasteiger partial charge on any atom is -0.294 e. The molecule has 21 heavy (non-hydrogen) atoms. The van der Waals surface area contributed by atoms with E-state index < -0.39 is 11.7 Å². The van der Waals surface area contributed by atoms with Gasteiger partial charge in [0.05, 0.1) is 5.56 Å². The lowest BCUT2D eigenvalue weighted by Gasteiger charge is -2.09. The number of halogens is 3. The summed E-state index contributed by atoms with van der Waals surface area (Å²) in [5.74, 6) is -0.274. The molecule has 0 bridgehead atoms. The van der Waals surface area contributed by atoms with Crippen LogP contribution in [-0.4, -0.2) is 5.78 Å². The molecule has 0 spiro atoms. The van der Waals surface area contributed by atoms with E-state index in [-0.39, 0.29) is 17.8 Å². The van der Waals surface area contributed by atoms with Crippen molar-refractivity contribution in [3.63, 3.8) is 0 Å². The van der Waals surface area contributed by atoms with E-state index in [1.54, 1.807) is 0 Å². The zero-order valence-corrected chi connectivity index (χ0v) is 11.6. The van der Waals surface area contributed by atoms with Crippen LogP contribution in [0.4, 0.5) is 13.2 Å². The first-order valence-electron chi connectivity index (χ1n) is 6.63. The lowest BCUT2D eigenvalue weighted by atomic mass is 9.99. The number of hydrogen-bond acceptors (Lipinski definition) is 1. The van der Waals surface area contributed by atoms with Gasteiger partial charge >= 0.3 is 6.18 Å². The molecule has 0 N–H and O–H groups in total. The molecule has 2 aromatic carbocycles. The molecule has 4 heteroatoms. The van der Waals surface area contributed by atoms with Crippen molar-refractivity contribution in [1.29, 1.82) is 0 Å². The van der Waals surface area contributed by atoms with Crippen LogP contribution in [-0.2, 0) is 12.6 Å². The largest absolute Gasteiger partial charge is 0.416 e. The number of Topliss-reactive ketones (excluding diaryl/α,β-unsaturated/α-hetero) is 1. The Bertz CT molecular complexity index is 644. The van der Waals surface area contributed by atoms with Crippen molar-refractivity contribution < 1.29 is 18.0 Å². The van der Waals surface area contributed by atoms with Gasteiger partial charge in [-0.05, 0) is 36.6 Å². The van der Waals surface area contributed by atoms with Crippen LogP contribution < -0.4 is 0 Å². The lowest BCUT2D eigenvalue weighted by Crippen LogP contribution is -2.08. The number of hydrogen-bond donors (Lipinski definition) is 0. The summed E-state index contributed by atoms with van der Waals surface area (Å²) in [5.41, 5.74) is 1.44. The molecule has 0 aliphatic carbocycles. The first kappa shape index (κ1) is 15.3. The molecule has 0 saturated heterocycles. The molecule has 0 aliphatic rings. The summed E-state index contributed by atoms with van der Waals surface area (Å²) in [6.07, 6.45) is -3.69. The second kappa shape index (κ2) is 6.12. The predicted molar refractivity (Wildman–Crippen MR) is 75.3 cm³/mol. The molecule has 0 saturated carbocycles. The monoisotopic (exact) mass is 292 g/mol. The maximum Gasteiger partial charge on any atom is 0.416 e. The lowest BCUT2D eigenvalue weighted by molar-refractivity contribution is -0.137. The highest BCUT2D eigenvalue weighted by molar-refractivity contribution is 5.96. The quantitative estimate of drug-likeness (QED) is 0.738. The molecule has 0 fully saturated rings. The SMILES string of the molecule is Cc1ccccc1CCC(=O)c1cccc(C(F)(F)F)c1. The van der Waals surface area contributed by atoms with Crippen LogP contribution in [0.5, 0.6) is 0 Å². The van der Waals surface area contributed by atoms with Gasteiger partial charge in [-0.3, -0.25) is 4.79 Å². The molecular weight excluding hydrogens is 277 g/mol. The van der Waals surface area contributed by atoms with Crippen molar-refractivity contribution >= 4 is 5.78 Å². The topological polar surface area (TPSA) is 17.1 Å². The number of benzene rings is 2. The Balaban J connectivity index is 2.09. The summed E-state index contributed by atoms with van der Waals surface area (Å²) in [4.78, 5) is 12.0. The second-order valence-corrected chi connectivity index (χ2v) is 4.93. The van der Waals surface area contributed by atoms with Crippen LogP contribution in [0.25, 0.3) is 0 Å². The van der Waals surface area contributed by atoms with E-state index in [0.29, 0.717) is 6.42 Å². The summed E-state index contributed by atoms with van der Waals surface area (Å²) in [5, 5.41) is 0. The number of aryl methyl sites for hydroxylation is 2. The van der Waals surface area contributed by atoms with Gasteiger partial charge in [0.25, 0.3) is 0 Å². The zero-order valence-electron chi connectivity index (χ0n) is 11.6. The Morgan fingerprint density at radius 3 is 2.43 bits per heavy atom. The molecule has 0 atom stereocenters. The zero-order chi connectivity index (χ0) is 15.5. The average molecular weight is 292 g/mol. The van der Waals surface area contributed by atoms with Crippen molar-refractivity contribution in [2.45, 2.75) is 25.9 Å². The van der Waals surface area contributed by atoms with Gasteiger partial charge < -0.3 is 0 Å². The molecular formula is C17H15F3O. The van der Waals surface area contributed by atoms with Crippen molar-refractivity contribution in [2.24, 2.45) is 0 Å². The summed E-state index contributed by atoms with van der Waals surface area (Å²) in [6, 6.07) is 12.3. The number of rotatable bonds is 4. The minimum atomic E-state index is -4.42. The van der Waals surface area contributed by atoms with Gasteiger partial charge in [-0.1, -0.05) is 36.4 Å². The third-order valence-electron chi connectivity index (χ3n) is 3.39. The van der Waals surface area contributed by atoms with E-state index in [9.17, 15) is 18.0 Å². The third-order valence-corrected chi connectivity index (χ3v) is 3.39. The Morgan fingerprint density at radius 1 is 1.05 bits per heavy atom. The first-order chi connectivity index (χ1) is 9.88. The van der Waals surface area contributed by atoms with Crippen LogP contribution >= 0.6 is 0 Å². The van der Waals surface area contributed by atoms with Crippen molar-refractivity contribution in [3.8, 4) is 0 Å². The molecule has 1 nitrogen and oxygen atoms in total. The number of carbonyl (C=O) groups is 1. The maximum atomic E-state index is 12.6. The van der Waals surface area contributed by atoms with Gasteiger partial charge in [0.15, 0.2) is 5.78 Å². The predicted octanol–water partition coefficient (Wildman–Crippen LogP) is 4.83. The summed E-state index contributed by atoms with van der Waals surface area (Å²) in [6.45, 7) is 1.95. The summed E-state index contributed by atoms with van der Waals surface area (Å²) < 4.78 is 37.9. The third kappa shape index (κ3) is 3.94. The fourth-order valence-corrected chi connectivity index (χ4v) is 2.15. The van der Waals surface area contributed by atoms with Gasteiger partial charge in [0.1, 0.15) is 0 Å². The smallest absolute Gasteiger partial charge is 0.294 e. The van der Waals surface area contributed by atoms with Gasteiger partial charge in [-0.25, -0.2) is 0 Å². The van der Waals surface area contributed by atoms with Gasteiger partial charge in [0.2, 0.25) is 0 Å². The van der Waals surface area contributed by atoms with Crippen molar-refractivity contribution in [2.75, 3.05) is 0 Å². The molecule has 2 rings (SSSR count). The molecule has 110 valence electrons. The highest BCUT2D eigenvalue weighted by atomic mass is 19.4. The van der Waals surface area contributed by atoms with Crippen LogP contribution in [0.3, 0.4) is 0 Å². The van der Waals surface area contributed by atoms with E-state index in [4.69, 9.17) is 0 Å².